The molecule has 0 bridgehead atoms. The molecule has 1 aliphatic heterocycles. The van der Waals surface area contributed by atoms with Crippen molar-refractivity contribution in [3.63, 3.8) is 0 Å². The summed E-state index contributed by atoms with van der Waals surface area (Å²) in [5, 5.41) is 0.104. The van der Waals surface area contributed by atoms with Gasteiger partial charge in [-0.25, -0.2) is 13.1 Å². The van der Waals surface area contributed by atoms with Crippen LogP contribution in [0.25, 0.3) is 0 Å². The summed E-state index contributed by atoms with van der Waals surface area (Å²) in [5.41, 5.74) is 5.81. The van der Waals surface area contributed by atoms with Crippen LogP contribution in [-0.2, 0) is 20.8 Å². The fourth-order valence-corrected chi connectivity index (χ4v) is 5.28. The minimum Gasteiger partial charge on any atom is -0.398 e. The lowest BCUT2D eigenvalue weighted by molar-refractivity contribution is 0.522. The molecular formula is C11H15ClN2O3S2. The Hall–Kier alpha value is -0.630. The molecule has 1 heterocycles. The fourth-order valence-electron chi connectivity index (χ4n) is 2.00. The Balaban J connectivity index is 2.21. The van der Waals surface area contributed by atoms with E-state index in [2.05, 4.69) is 4.72 Å². The second-order valence-corrected chi connectivity index (χ2v) is 8.16. The molecule has 0 saturated carbocycles. The zero-order chi connectivity index (χ0) is 14.0. The van der Waals surface area contributed by atoms with Crippen molar-refractivity contribution >= 4 is 38.1 Å². The normalized spacial score (nSPS) is 24.3. The lowest BCUT2D eigenvalue weighted by atomic mass is 10.2. The Kier molecular flexibility index (Phi) is 4.50. The van der Waals surface area contributed by atoms with Crippen LogP contribution in [0, 0.1) is 0 Å². The molecule has 0 radical (unpaired) electrons. The largest absolute Gasteiger partial charge is 0.398 e. The van der Waals surface area contributed by atoms with Crippen LogP contribution in [0.3, 0.4) is 0 Å². The van der Waals surface area contributed by atoms with Gasteiger partial charge in [-0.15, -0.1) is 0 Å². The van der Waals surface area contributed by atoms with E-state index in [1.807, 2.05) is 0 Å². The zero-order valence-electron chi connectivity index (χ0n) is 10.1. The molecule has 0 aromatic heterocycles. The molecule has 0 aliphatic carbocycles. The first-order valence-corrected chi connectivity index (χ1v) is 9.16. The van der Waals surface area contributed by atoms with Crippen molar-refractivity contribution < 1.29 is 12.6 Å². The first kappa shape index (κ1) is 14.8. The van der Waals surface area contributed by atoms with E-state index in [4.69, 9.17) is 17.3 Å². The zero-order valence-corrected chi connectivity index (χ0v) is 12.5. The topological polar surface area (TPSA) is 89.3 Å². The molecular weight excluding hydrogens is 308 g/mol. The van der Waals surface area contributed by atoms with Crippen LogP contribution in [0.4, 0.5) is 5.69 Å². The van der Waals surface area contributed by atoms with Crippen molar-refractivity contribution in [3.05, 3.63) is 23.2 Å². The Morgan fingerprint density at radius 3 is 2.53 bits per heavy atom. The Morgan fingerprint density at radius 1 is 1.32 bits per heavy atom. The molecule has 5 nitrogen and oxygen atoms in total. The Labute approximate surface area is 120 Å². The monoisotopic (exact) mass is 322 g/mol. The van der Waals surface area contributed by atoms with Gasteiger partial charge in [0.1, 0.15) is 4.90 Å². The summed E-state index contributed by atoms with van der Waals surface area (Å²) in [7, 11) is -4.57. The predicted octanol–water partition coefficient (Wildman–Crippen LogP) is 1.11. The third kappa shape index (κ3) is 3.47. The molecule has 106 valence electrons. The average molecular weight is 323 g/mol. The molecule has 1 saturated heterocycles. The Morgan fingerprint density at radius 2 is 1.95 bits per heavy atom. The van der Waals surface area contributed by atoms with Gasteiger partial charge < -0.3 is 5.73 Å². The highest BCUT2D eigenvalue weighted by molar-refractivity contribution is 7.89. The summed E-state index contributed by atoms with van der Waals surface area (Å²) >= 11 is 5.91. The molecule has 2 rings (SSSR count). The number of hydrogen-bond donors (Lipinski definition) is 2. The summed E-state index contributed by atoms with van der Waals surface area (Å²) in [6, 6.07) is 4.37. The molecule has 8 heteroatoms. The van der Waals surface area contributed by atoms with Crippen LogP contribution in [0.1, 0.15) is 12.8 Å². The van der Waals surface area contributed by atoms with Crippen molar-refractivity contribution in [2.24, 2.45) is 0 Å². The highest BCUT2D eigenvalue weighted by atomic mass is 35.5. The van der Waals surface area contributed by atoms with E-state index in [1.165, 1.54) is 12.1 Å². The number of rotatable bonds is 3. The van der Waals surface area contributed by atoms with Crippen molar-refractivity contribution in [1.29, 1.82) is 0 Å². The first-order valence-electron chi connectivity index (χ1n) is 5.81. The van der Waals surface area contributed by atoms with Gasteiger partial charge in [-0.1, -0.05) is 17.7 Å². The third-order valence-electron chi connectivity index (χ3n) is 2.98. The van der Waals surface area contributed by atoms with E-state index in [0.29, 0.717) is 24.3 Å². The van der Waals surface area contributed by atoms with Crippen LogP contribution in [0.2, 0.25) is 5.02 Å². The number of hydrogen-bond acceptors (Lipinski definition) is 4. The number of sulfonamides is 1. The standard InChI is InChI=1S/C11H15ClN2O3S2/c12-9-2-1-3-10(13)11(9)19(16,17)14-8-4-6-18(15)7-5-8/h1-3,8,14H,4-7,13H2. The summed E-state index contributed by atoms with van der Waals surface area (Å²) in [5.74, 6) is 1.04. The third-order valence-corrected chi connectivity index (χ3v) is 6.42. The fraction of sp³-hybridized carbons (Fsp3) is 0.455. The smallest absolute Gasteiger partial charge is 0.244 e. The maximum Gasteiger partial charge on any atom is 0.244 e. The number of nitrogens with two attached hydrogens (primary N) is 1. The van der Waals surface area contributed by atoms with Gasteiger partial charge in [0.2, 0.25) is 10.0 Å². The quantitative estimate of drug-likeness (QED) is 0.816. The summed E-state index contributed by atoms with van der Waals surface area (Å²) in [6.07, 6.45) is 1.13. The number of anilines is 1. The van der Waals surface area contributed by atoms with Crippen molar-refractivity contribution in [3.8, 4) is 0 Å². The second-order valence-electron chi connectivity index (χ2n) is 4.40. The van der Waals surface area contributed by atoms with Crippen molar-refractivity contribution in [1.82, 2.24) is 4.72 Å². The molecule has 0 spiro atoms. The van der Waals surface area contributed by atoms with Crippen LogP contribution in [0.15, 0.2) is 23.1 Å². The van der Waals surface area contributed by atoms with Gasteiger partial charge >= 0.3 is 0 Å². The van der Waals surface area contributed by atoms with Gasteiger partial charge in [-0.2, -0.15) is 0 Å². The molecule has 3 N–H and O–H groups in total. The molecule has 1 fully saturated rings. The van der Waals surface area contributed by atoms with E-state index in [-0.39, 0.29) is 21.6 Å². The van der Waals surface area contributed by atoms with E-state index in [9.17, 15) is 12.6 Å². The van der Waals surface area contributed by atoms with Gasteiger partial charge in [-0.05, 0) is 25.0 Å². The first-order chi connectivity index (χ1) is 8.90. The number of nitrogen functional groups attached to an aromatic ring is 1. The Bertz CT molecular complexity index is 574. The minimum atomic E-state index is -3.74. The molecule has 1 aromatic carbocycles. The van der Waals surface area contributed by atoms with Gasteiger partial charge in [0, 0.05) is 28.3 Å². The van der Waals surface area contributed by atoms with Gasteiger partial charge in [0.05, 0.1) is 10.7 Å². The van der Waals surface area contributed by atoms with Crippen LogP contribution < -0.4 is 10.5 Å². The minimum absolute atomic E-state index is 0.0802. The van der Waals surface area contributed by atoms with Crippen LogP contribution in [-0.4, -0.2) is 30.2 Å². The summed E-state index contributed by atoms with van der Waals surface area (Å²) in [6.45, 7) is 0. The van der Waals surface area contributed by atoms with E-state index in [0.717, 1.165) is 0 Å². The van der Waals surface area contributed by atoms with Gasteiger partial charge in [0.25, 0.3) is 0 Å². The van der Waals surface area contributed by atoms with Crippen LogP contribution >= 0.6 is 11.6 Å². The summed E-state index contributed by atoms with van der Waals surface area (Å²) in [4.78, 5) is -0.0802. The maximum absolute atomic E-state index is 12.3. The molecule has 1 aliphatic rings. The lowest BCUT2D eigenvalue weighted by Gasteiger charge is -2.23. The SMILES string of the molecule is Nc1cccc(Cl)c1S(=O)(=O)NC1CCS(=O)CC1. The maximum atomic E-state index is 12.3. The van der Waals surface area contributed by atoms with Crippen LogP contribution in [0.5, 0.6) is 0 Å². The average Bonchev–Trinajstić information content (AvgIpc) is 2.31. The summed E-state index contributed by atoms with van der Waals surface area (Å²) < 4.78 is 38.4. The number of benzene rings is 1. The van der Waals surface area contributed by atoms with E-state index < -0.39 is 20.8 Å². The van der Waals surface area contributed by atoms with Gasteiger partial charge in [0.15, 0.2) is 0 Å². The predicted molar refractivity (Wildman–Crippen MR) is 77.1 cm³/mol. The van der Waals surface area contributed by atoms with Gasteiger partial charge in [-0.3, -0.25) is 4.21 Å². The molecule has 19 heavy (non-hydrogen) atoms. The molecule has 1 aromatic rings. The molecule has 0 amide bonds. The van der Waals surface area contributed by atoms with Crippen molar-refractivity contribution in [2.45, 2.75) is 23.8 Å². The van der Waals surface area contributed by atoms with E-state index in [1.54, 1.807) is 6.07 Å². The second kappa shape index (κ2) is 5.78. The van der Waals surface area contributed by atoms with E-state index >= 15 is 0 Å². The molecule has 0 unspecified atom stereocenters. The van der Waals surface area contributed by atoms with Crippen molar-refractivity contribution in [2.75, 3.05) is 17.2 Å². The number of nitrogens with one attached hydrogen (secondary N) is 1. The molecule has 0 atom stereocenters. The number of halogens is 1. The highest BCUT2D eigenvalue weighted by Gasteiger charge is 2.27. The highest BCUT2D eigenvalue weighted by Crippen LogP contribution is 2.27. The lowest BCUT2D eigenvalue weighted by Crippen LogP contribution is -2.39.